The summed E-state index contributed by atoms with van der Waals surface area (Å²) in [7, 11) is 0. The predicted octanol–water partition coefficient (Wildman–Crippen LogP) is 3.73. The molecule has 0 bridgehead atoms. The highest BCUT2D eigenvalue weighted by molar-refractivity contribution is 5.99. The second-order valence-corrected chi connectivity index (χ2v) is 6.60. The van der Waals surface area contributed by atoms with Gasteiger partial charge in [0.1, 0.15) is 5.82 Å². The molecule has 0 N–H and O–H groups in total. The number of carbonyl (C=O) groups is 2. The van der Waals surface area contributed by atoms with Crippen molar-refractivity contribution in [2.75, 3.05) is 19.8 Å². The van der Waals surface area contributed by atoms with Gasteiger partial charge < -0.3 is 9.64 Å². The van der Waals surface area contributed by atoms with Gasteiger partial charge in [0, 0.05) is 24.1 Å². The number of ether oxygens (including phenoxy) is 1. The molecular formula is C22H22FNO3. The van der Waals surface area contributed by atoms with Gasteiger partial charge in [-0.05, 0) is 30.7 Å². The Bertz CT molecular complexity index is 830. The molecule has 0 aliphatic carbocycles. The molecule has 0 radical (unpaired) electrons. The lowest BCUT2D eigenvalue weighted by Crippen LogP contribution is -2.49. The van der Waals surface area contributed by atoms with Crippen molar-refractivity contribution in [1.29, 1.82) is 0 Å². The van der Waals surface area contributed by atoms with Crippen LogP contribution in [0.2, 0.25) is 0 Å². The van der Waals surface area contributed by atoms with Gasteiger partial charge in [0.15, 0.2) is 5.78 Å². The fourth-order valence-electron chi connectivity index (χ4n) is 3.14. The highest BCUT2D eigenvalue weighted by Crippen LogP contribution is 2.18. The first-order chi connectivity index (χ1) is 13.0. The molecule has 0 saturated carbocycles. The van der Waals surface area contributed by atoms with Crippen LogP contribution >= 0.6 is 0 Å². The summed E-state index contributed by atoms with van der Waals surface area (Å²) < 4.78 is 18.5. The van der Waals surface area contributed by atoms with Gasteiger partial charge in [0.25, 0.3) is 0 Å². The summed E-state index contributed by atoms with van der Waals surface area (Å²) in [6.07, 6.45) is 1.95. The summed E-state index contributed by atoms with van der Waals surface area (Å²) in [5.41, 5.74) is 1.93. The zero-order valence-electron chi connectivity index (χ0n) is 15.2. The van der Waals surface area contributed by atoms with Gasteiger partial charge in [0.05, 0.1) is 19.3 Å². The zero-order chi connectivity index (χ0) is 19.2. The van der Waals surface area contributed by atoms with E-state index in [0.29, 0.717) is 30.9 Å². The second-order valence-electron chi connectivity index (χ2n) is 6.60. The number of hydrogen-bond donors (Lipinski definition) is 0. The van der Waals surface area contributed by atoms with Crippen LogP contribution in [0.25, 0.3) is 6.08 Å². The van der Waals surface area contributed by atoms with Crippen LogP contribution in [0.4, 0.5) is 4.39 Å². The highest BCUT2D eigenvalue weighted by Gasteiger charge is 2.30. The molecule has 4 nitrogen and oxygen atoms in total. The monoisotopic (exact) mass is 367 g/mol. The number of hydrogen-bond acceptors (Lipinski definition) is 3. The Morgan fingerprint density at radius 2 is 1.85 bits per heavy atom. The summed E-state index contributed by atoms with van der Waals surface area (Å²) in [5.74, 6) is -0.457. The number of amides is 1. The molecule has 2 aromatic carbocycles. The molecule has 3 rings (SSSR count). The number of morpholine rings is 1. The first-order valence-electron chi connectivity index (χ1n) is 8.95. The quantitative estimate of drug-likeness (QED) is 0.598. The molecule has 2 aromatic rings. The minimum absolute atomic E-state index is 0.0101. The van der Waals surface area contributed by atoms with E-state index in [4.69, 9.17) is 4.74 Å². The van der Waals surface area contributed by atoms with E-state index in [9.17, 15) is 14.0 Å². The van der Waals surface area contributed by atoms with Crippen molar-refractivity contribution in [3.8, 4) is 0 Å². The van der Waals surface area contributed by atoms with E-state index < -0.39 is 0 Å². The smallest absolute Gasteiger partial charge is 0.249 e. The number of halogens is 1. The third-order valence-electron chi connectivity index (χ3n) is 4.60. The molecule has 1 saturated heterocycles. The van der Waals surface area contributed by atoms with E-state index >= 15 is 0 Å². The van der Waals surface area contributed by atoms with Crippen LogP contribution in [0, 0.1) is 5.82 Å². The SMILES string of the molecule is CC(=Cc1ccc(F)cc1)C(=O)N1CCOCC1CC(=O)c1ccccc1. The topological polar surface area (TPSA) is 46.6 Å². The normalized spacial score (nSPS) is 17.6. The number of Topliss-reactive ketones (excluding diaryl/α,β-unsaturated/α-hetero) is 1. The Morgan fingerprint density at radius 3 is 2.56 bits per heavy atom. The average molecular weight is 367 g/mol. The number of benzene rings is 2. The van der Waals surface area contributed by atoms with Gasteiger partial charge in [-0.15, -0.1) is 0 Å². The third kappa shape index (κ3) is 4.89. The fourth-order valence-corrected chi connectivity index (χ4v) is 3.14. The Labute approximate surface area is 158 Å². The van der Waals surface area contributed by atoms with Gasteiger partial charge in [-0.25, -0.2) is 4.39 Å². The average Bonchev–Trinajstić information content (AvgIpc) is 2.70. The van der Waals surface area contributed by atoms with Crippen LogP contribution in [0.5, 0.6) is 0 Å². The number of nitrogens with zero attached hydrogens (tertiary/aromatic N) is 1. The molecule has 1 amide bonds. The standard InChI is InChI=1S/C22H22FNO3/c1-16(13-17-7-9-19(23)10-8-17)22(26)24-11-12-27-15-20(24)14-21(25)18-5-3-2-4-6-18/h2-10,13,20H,11-12,14-15H2,1H3. The maximum atomic E-state index is 13.0. The Balaban J connectivity index is 1.73. The van der Waals surface area contributed by atoms with Crippen LogP contribution in [0.3, 0.4) is 0 Å². The third-order valence-corrected chi connectivity index (χ3v) is 4.60. The lowest BCUT2D eigenvalue weighted by Gasteiger charge is -2.35. The fraction of sp³-hybridized carbons (Fsp3) is 0.273. The van der Waals surface area contributed by atoms with Crippen molar-refractivity contribution in [1.82, 2.24) is 4.90 Å². The molecular weight excluding hydrogens is 345 g/mol. The molecule has 1 unspecified atom stereocenters. The minimum atomic E-state index is -0.316. The predicted molar refractivity (Wildman–Crippen MR) is 102 cm³/mol. The van der Waals surface area contributed by atoms with Crippen LogP contribution in [0.15, 0.2) is 60.2 Å². The highest BCUT2D eigenvalue weighted by atomic mass is 19.1. The Kier molecular flexibility index (Phi) is 6.14. The van der Waals surface area contributed by atoms with E-state index in [1.54, 1.807) is 42.2 Å². The Morgan fingerprint density at radius 1 is 1.15 bits per heavy atom. The van der Waals surface area contributed by atoms with Crippen LogP contribution in [0.1, 0.15) is 29.3 Å². The molecule has 5 heteroatoms. The Hall–Kier alpha value is -2.79. The van der Waals surface area contributed by atoms with Crippen molar-refractivity contribution < 1.29 is 18.7 Å². The van der Waals surface area contributed by atoms with Crippen molar-refractivity contribution in [3.63, 3.8) is 0 Å². The molecule has 1 aliphatic rings. The van der Waals surface area contributed by atoms with Crippen LogP contribution < -0.4 is 0 Å². The van der Waals surface area contributed by atoms with E-state index in [1.165, 1.54) is 12.1 Å². The number of ketones is 1. The molecule has 1 heterocycles. The lowest BCUT2D eigenvalue weighted by molar-refractivity contribution is -0.135. The van der Waals surface area contributed by atoms with Crippen molar-refractivity contribution in [2.24, 2.45) is 0 Å². The molecule has 1 fully saturated rings. The maximum Gasteiger partial charge on any atom is 0.249 e. The largest absolute Gasteiger partial charge is 0.377 e. The summed E-state index contributed by atoms with van der Waals surface area (Å²) in [5, 5.41) is 0. The molecule has 1 atom stereocenters. The molecule has 0 aromatic heterocycles. The van der Waals surface area contributed by atoms with Crippen LogP contribution in [-0.2, 0) is 9.53 Å². The van der Waals surface area contributed by atoms with E-state index in [0.717, 1.165) is 5.56 Å². The number of carbonyl (C=O) groups excluding carboxylic acids is 2. The second kappa shape index (κ2) is 8.73. The van der Waals surface area contributed by atoms with Gasteiger partial charge in [-0.2, -0.15) is 0 Å². The first kappa shape index (κ1) is 19.0. The van der Waals surface area contributed by atoms with Gasteiger partial charge in [-0.3, -0.25) is 9.59 Å². The van der Waals surface area contributed by atoms with Crippen LogP contribution in [-0.4, -0.2) is 42.4 Å². The van der Waals surface area contributed by atoms with E-state index in [-0.39, 0.29) is 30.0 Å². The number of rotatable bonds is 5. The summed E-state index contributed by atoms with van der Waals surface area (Å²) in [6, 6.07) is 14.7. The summed E-state index contributed by atoms with van der Waals surface area (Å²) in [4.78, 5) is 27.2. The summed E-state index contributed by atoms with van der Waals surface area (Å²) in [6.45, 7) is 2.97. The molecule has 0 spiro atoms. The van der Waals surface area contributed by atoms with Crippen molar-refractivity contribution in [2.45, 2.75) is 19.4 Å². The van der Waals surface area contributed by atoms with Gasteiger partial charge in [-0.1, -0.05) is 42.5 Å². The lowest BCUT2D eigenvalue weighted by atomic mass is 10.0. The van der Waals surface area contributed by atoms with Gasteiger partial charge >= 0.3 is 0 Å². The van der Waals surface area contributed by atoms with Crippen molar-refractivity contribution in [3.05, 3.63) is 77.1 Å². The van der Waals surface area contributed by atoms with E-state index in [2.05, 4.69) is 0 Å². The molecule has 27 heavy (non-hydrogen) atoms. The minimum Gasteiger partial charge on any atom is -0.377 e. The summed E-state index contributed by atoms with van der Waals surface area (Å²) >= 11 is 0. The maximum absolute atomic E-state index is 13.0. The van der Waals surface area contributed by atoms with E-state index in [1.807, 2.05) is 18.2 Å². The zero-order valence-corrected chi connectivity index (χ0v) is 15.2. The molecule has 140 valence electrons. The van der Waals surface area contributed by atoms with Gasteiger partial charge in [0.2, 0.25) is 5.91 Å². The van der Waals surface area contributed by atoms with Crippen molar-refractivity contribution >= 4 is 17.8 Å². The molecule has 1 aliphatic heterocycles. The first-order valence-corrected chi connectivity index (χ1v) is 8.95.